The van der Waals surface area contributed by atoms with Gasteiger partial charge in [-0.05, 0) is 38.1 Å². The molecular formula is C15H30N2O2. The van der Waals surface area contributed by atoms with Crippen molar-refractivity contribution in [2.45, 2.75) is 46.6 Å². The van der Waals surface area contributed by atoms with Crippen LogP contribution in [-0.4, -0.2) is 49.7 Å². The first-order valence-corrected chi connectivity index (χ1v) is 7.20. The van der Waals surface area contributed by atoms with E-state index in [4.69, 9.17) is 4.74 Å². The minimum Gasteiger partial charge on any atom is -0.369 e. The molecule has 0 aromatic carbocycles. The molecule has 0 aliphatic carbocycles. The van der Waals surface area contributed by atoms with E-state index in [9.17, 15) is 4.79 Å². The average Bonchev–Trinajstić information content (AvgIpc) is 2.71. The number of amides is 1. The Morgan fingerprint density at radius 2 is 1.95 bits per heavy atom. The summed E-state index contributed by atoms with van der Waals surface area (Å²) < 4.78 is 5.18. The highest BCUT2D eigenvalue weighted by molar-refractivity contribution is 5.84. The molecule has 0 aromatic rings. The van der Waals surface area contributed by atoms with E-state index in [1.165, 1.54) is 6.42 Å². The van der Waals surface area contributed by atoms with Crippen LogP contribution in [0.2, 0.25) is 0 Å². The number of methoxy groups -OCH3 is 1. The van der Waals surface area contributed by atoms with Gasteiger partial charge in [-0.1, -0.05) is 20.8 Å². The molecule has 1 heterocycles. The summed E-state index contributed by atoms with van der Waals surface area (Å²) in [7, 11) is 1.57. The Balaban J connectivity index is 2.32. The first-order chi connectivity index (χ1) is 8.64. The minimum absolute atomic E-state index is 0.0238. The van der Waals surface area contributed by atoms with Gasteiger partial charge < -0.3 is 15.0 Å². The monoisotopic (exact) mass is 270 g/mol. The quantitative estimate of drug-likeness (QED) is 0.829. The normalized spacial score (nSPS) is 21.7. The largest absolute Gasteiger partial charge is 0.369 e. The van der Waals surface area contributed by atoms with E-state index in [2.05, 4.69) is 31.0 Å². The van der Waals surface area contributed by atoms with Crippen LogP contribution in [0.1, 0.15) is 41.0 Å². The van der Waals surface area contributed by atoms with Crippen molar-refractivity contribution in [1.29, 1.82) is 0 Å². The Bertz CT molecular complexity index is 308. The van der Waals surface area contributed by atoms with Gasteiger partial charge in [-0.25, -0.2) is 0 Å². The number of ether oxygens (including phenoxy) is 1. The summed E-state index contributed by atoms with van der Waals surface area (Å²) in [5.41, 5.74) is -0.389. The van der Waals surface area contributed by atoms with E-state index in [-0.39, 0.29) is 5.91 Å². The molecule has 1 fully saturated rings. The summed E-state index contributed by atoms with van der Waals surface area (Å²) in [5, 5.41) is 3.01. The Morgan fingerprint density at radius 1 is 1.32 bits per heavy atom. The van der Waals surface area contributed by atoms with Crippen molar-refractivity contribution >= 4 is 5.91 Å². The van der Waals surface area contributed by atoms with Crippen LogP contribution in [0, 0.1) is 11.3 Å². The van der Waals surface area contributed by atoms with Crippen molar-refractivity contribution in [2.24, 2.45) is 11.3 Å². The van der Waals surface area contributed by atoms with Gasteiger partial charge in [-0.15, -0.1) is 0 Å². The number of carbonyl (C=O) groups is 1. The lowest BCUT2D eigenvalue weighted by Crippen LogP contribution is -2.45. The van der Waals surface area contributed by atoms with Crippen LogP contribution < -0.4 is 5.32 Å². The molecule has 0 bridgehead atoms. The Kier molecular flexibility index (Phi) is 5.39. The Morgan fingerprint density at radius 3 is 2.47 bits per heavy atom. The van der Waals surface area contributed by atoms with Crippen molar-refractivity contribution in [2.75, 3.05) is 33.3 Å². The first-order valence-electron chi connectivity index (χ1n) is 7.20. The highest BCUT2D eigenvalue weighted by Gasteiger charge is 2.29. The van der Waals surface area contributed by atoms with E-state index in [1.807, 2.05) is 0 Å². The van der Waals surface area contributed by atoms with Crippen LogP contribution in [0.3, 0.4) is 0 Å². The van der Waals surface area contributed by atoms with Crippen molar-refractivity contribution in [3.63, 3.8) is 0 Å². The predicted octanol–water partition coefficient (Wildman–Crippen LogP) is 1.90. The minimum atomic E-state index is -0.732. The summed E-state index contributed by atoms with van der Waals surface area (Å²) in [6, 6.07) is 0. The van der Waals surface area contributed by atoms with Crippen LogP contribution >= 0.6 is 0 Å². The summed E-state index contributed by atoms with van der Waals surface area (Å²) in [6.07, 6.45) is 1.17. The molecule has 1 atom stereocenters. The number of nitrogens with one attached hydrogen (secondary N) is 1. The summed E-state index contributed by atoms with van der Waals surface area (Å²) in [5.74, 6) is 0.545. The van der Waals surface area contributed by atoms with Gasteiger partial charge in [0.25, 0.3) is 5.91 Å². The second-order valence-corrected chi connectivity index (χ2v) is 7.37. The molecule has 1 rings (SSSR count). The van der Waals surface area contributed by atoms with Crippen LogP contribution in [0.5, 0.6) is 0 Å². The van der Waals surface area contributed by atoms with Gasteiger partial charge >= 0.3 is 0 Å². The molecule has 1 saturated heterocycles. The van der Waals surface area contributed by atoms with Crippen molar-refractivity contribution < 1.29 is 9.53 Å². The smallest absolute Gasteiger partial charge is 0.251 e. The van der Waals surface area contributed by atoms with Gasteiger partial charge in [0.15, 0.2) is 0 Å². The molecule has 1 amide bonds. The number of carbonyl (C=O) groups excluding carboxylic acids is 1. The van der Waals surface area contributed by atoms with Crippen LogP contribution in [0.4, 0.5) is 0 Å². The van der Waals surface area contributed by atoms with E-state index in [1.54, 1.807) is 21.0 Å². The maximum absolute atomic E-state index is 11.9. The van der Waals surface area contributed by atoms with Gasteiger partial charge in [0, 0.05) is 26.7 Å². The predicted molar refractivity (Wildman–Crippen MR) is 78.1 cm³/mol. The highest BCUT2D eigenvalue weighted by Crippen LogP contribution is 2.22. The molecule has 1 aliphatic rings. The molecule has 1 N–H and O–H groups in total. The molecule has 4 nitrogen and oxygen atoms in total. The van der Waals surface area contributed by atoms with Crippen LogP contribution in [0.25, 0.3) is 0 Å². The van der Waals surface area contributed by atoms with Crippen molar-refractivity contribution in [3.05, 3.63) is 0 Å². The van der Waals surface area contributed by atoms with Gasteiger partial charge in [0.05, 0.1) is 0 Å². The first kappa shape index (κ1) is 16.4. The number of likely N-dealkylation sites (tertiary alicyclic amines) is 1. The molecular weight excluding hydrogens is 240 g/mol. The molecule has 112 valence electrons. The standard InChI is InChI=1S/C15H30N2O2/c1-14(2,3)11-17-8-7-12(10-17)9-16-13(18)15(4,5)19-6/h12H,7-11H2,1-6H3,(H,16,18). The zero-order valence-electron chi connectivity index (χ0n) is 13.4. The lowest BCUT2D eigenvalue weighted by molar-refractivity contribution is -0.139. The third-order valence-electron chi connectivity index (χ3n) is 3.68. The van der Waals surface area contributed by atoms with E-state index < -0.39 is 5.60 Å². The topological polar surface area (TPSA) is 41.6 Å². The fraction of sp³-hybridized carbons (Fsp3) is 0.933. The number of hydrogen-bond acceptors (Lipinski definition) is 3. The molecule has 1 aliphatic heterocycles. The van der Waals surface area contributed by atoms with Gasteiger partial charge in [0.1, 0.15) is 5.60 Å². The number of nitrogens with zero attached hydrogens (tertiary/aromatic N) is 1. The third kappa shape index (κ3) is 5.49. The van der Waals surface area contributed by atoms with Crippen LogP contribution in [-0.2, 0) is 9.53 Å². The zero-order valence-corrected chi connectivity index (χ0v) is 13.4. The number of hydrogen-bond donors (Lipinski definition) is 1. The Hall–Kier alpha value is -0.610. The molecule has 0 aromatic heterocycles. The zero-order chi connectivity index (χ0) is 14.7. The summed E-state index contributed by atoms with van der Waals surface area (Å²) >= 11 is 0. The van der Waals surface area contributed by atoms with Gasteiger partial charge in [-0.3, -0.25) is 4.79 Å². The maximum atomic E-state index is 11.9. The Labute approximate surface area is 117 Å². The average molecular weight is 270 g/mol. The van der Waals surface area contributed by atoms with Crippen molar-refractivity contribution in [1.82, 2.24) is 10.2 Å². The summed E-state index contributed by atoms with van der Waals surface area (Å²) in [6.45, 7) is 14.5. The second kappa shape index (κ2) is 6.23. The fourth-order valence-electron chi connectivity index (χ4n) is 2.44. The van der Waals surface area contributed by atoms with Gasteiger partial charge in [-0.2, -0.15) is 0 Å². The molecule has 1 unspecified atom stereocenters. The molecule has 0 saturated carbocycles. The third-order valence-corrected chi connectivity index (χ3v) is 3.68. The lowest BCUT2D eigenvalue weighted by atomic mass is 9.96. The summed E-state index contributed by atoms with van der Waals surface area (Å²) in [4.78, 5) is 14.4. The van der Waals surface area contributed by atoms with Crippen LogP contribution in [0.15, 0.2) is 0 Å². The molecule has 19 heavy (non-hydrogen) atoms. The fourth-order valence-corrected chi connectivity index (χ4v) is 2.44. The molecule has 4 heteroatoms. The second-order valence-electron chi connectivity index (χ2n) is 7.37. The molecule has 0 spiro atoms. The van der Waals surface area contributed by atoms with E-state index in [0.717, 1.165) is 26.2 Å². The van der Waals surface area contributed by atoms with Crippen molar-refractivity contribution in [3.8, 4) is 0 Å². The lowest BCUT2D eigenvalue weighted by Gasteiger charge is -2.26. The maximum Gasteiger partial charge on any atom is 0.251 e. The number of rotatable bonds is 5. The van der Waals surface area contributed by atoms with Gasteiger partial charge in [0.2, 0.25) is 0 Å². The van der Waals surface area contributed by atoms with E-state index >= 15 is 0 Å². The van der Waals surface area contributed by atoms with E-state index in [0.29, 0.717) is 11.3 Å². The highest BCUT2D eigenvalue weighted by atomic mass is 16.5. The molecule has 0 radical (unpaired) electrons. The SMILES string of the molecule is COC(C)(C)C(=O)NCC1CCN(CC(C)(C)C)C1.